The Balaban J connectivity index is 1.83. The van der Waals surface area contributed by atoms with E-state index in [1.165, 1.54) is 9.75 Å². The van der Waals surface area contributed by atoms with Gasteiger partial charge < -0.3 is 9.80 Å². The first kappa shape index (κ1) is 20.2. The Morgan fingerprint density at radius 2 is 1.29 bits per heavy atom. The highest BCUT2D eigenvalue weighted by Crippen LogP contribution is 2.30. The third-order valence-electron chi connectivity index (χ3n) is 3.32. The molecule has 2 nitrogen and oxygen atoms in total. The summed E-state index contributed by atoms with van der Waals surface area (Å²) in [5.74, 6) is 0. The van der Waals surface area contributed by atoms with Crippen LogP contribution >= 0.6 is 68.7 Å². The third kappa shape index (κ3) is 6.31. The zero-order valence-electron chi connectivity index (χ0n) is 13.6. The predicted molar refractivity (Wildman–Crippen MR) is 121 cm³/mol. The van der Waals surface area contributed by atoms with Gasteiger partial charge in [0, 0.05) is 22.8 Å². The van der Waals surface area contributed by atoms with Crippen LogP contribution in [0.4, 0.5) is 0 Å². The van der Waals surface area contributed by atoms with Crippen molar-refractivity contribution in [3.63, 3.8) is 0 Å². The summed E-state index contributed by atoms with van der Waals surface area (Å²) < 4.78 is 1.79. The molecule has 0 aliphatic carbocycles. The molecule has 2 rings (SSSR count). The lowest BCUT2D eigenvalue weighted by molar-refractivity contribution is 0.455. The van der Waals surface area contributed by atoms with Crippen LogP contribution in [0.25, 0.3) is 0 Å². The Morgan fingerprint density at radius 3 is 1.58 bits per heavy atom. The average molecular weight is 433 g/mol. The first-order chi connectivity index (χ1) is 11.6. The zero-order chi connectivity index (χ0) is 17.4. The molecule has 24 heavy (non-hydrogen) atoms. The van der Waals surface area contributed by atoms with Crippen LogP contribution < -0.4 is 0 Å². The second kappa shape index (κ2) is 10.8. The summed E-state index contributed by atoms with van der Waals surface area (Å²) in [5, 5.41) is 4.21. The summed E-state index contributed by atoms with van der Waals surface area (Å²) in [5.41, 5.74) is 0. The lowest BCUT2D eigenvalue weighted by Gasteiger charge is -2.24. The van der Waals surface area contributed by atoms with E-state index in [9.17, 15) is 0 Å². The molecule has 0 saturated heterocycles. The van der Waals surface area contributed by atoms with E-state index in [0.29, 0.717) is 0 Å². The highest BCUT2D eigenvalue weighted by atomic mass is 33.1. The molecule has 0 aliphatic heterocycles. The van der Waals surface area contributed by atoms with E-state index in [4.69, 9.17) is 24.4 Å². The summed E-state index contributed by atoms with van der Waals surface area (Å²) in [4.78, 5) is 7.11. The van der Waals surface area contributed by atoms with Gasteiger partial charge in [0.1, 0.15) is 8.64 Å². The molecule has 0 atom stereocenters. The van der Waals surface area contributed by atoms with E-state index >= 15 is 0 Å². The van der Waals surface area contributed by atoms with Gasteiger partial charge in [-0.25, -0.2) is 0 Å². The minimum atomic E-state index is 0.875. The molecule has 0 spiro atoms. The largest absolute Gasteiger partial charge is 0.352 e. The van der Waals surface area contributed by atoms with Gasteiger partial charge in [0.2, 0.25) is 0 Å². The second-order valence-electron chi connectivity index (χ2n) is 4.89. The molecular weight excluding hydrogens is 413 g/mol. The van der Waals surface area contributed by atoms with Crippen molar-refractivity contribution in [2.75, 3.05) is 13.1 Å². The van der Waals surface area contributed by atoms with Crippen LogP contribution in [0.2, 0.25) is 0 Å². The molecule has 0 saturated carbocycles. The SMILES string of the molecule is CCN(Cc1cccs1)C(=S)SSC(=S)N(CC)Cc1cccs1. The Labute approximate surface area is 171 Å². The maximum atomic E-state index is 5.60. The molecule has 2 aromatic heterocycles. The van der Waals surface area contributed by atoms with Crippen molar-refractivity contribution in [3.8, 4) is 0 Å². The summed E-state index contributed by atoms with van der Waals surface area (Å²) >= 11 is 14.7. The van der Waals surface area contributed by atoms with Crippen LogP contribution in [0.15, 0.2) is 35.0 Å². The van der Waals surface area contributed by atoms with Gasteiger partial charge in [-0.05, 0) is 58.3 Å². The standard InChI is InChI=1S/C16H20N2S6/c1-3-17(11-13-7-5-9-21-13)15(19)23-24-16(20)18(4-2)12-14-8-6-10-22-14/h5-10H,3-4,11-12H2,1-2H3. The minimum Gasteiger partial charge on any atom is -0.352 e. The van der Waals surface area contributed by atoms with Gasteiger partial charge in [-0.15, -0.1) is 22.7 Å². The molecule has 0 N–H and O–H groups in total. The van der Waals surface area contributed by atoms with Crippen LogP contribution in [0.5, 0.6) is 0 Å². The van der Waals surface area contributed by atoms with Gasteiger partial charge in [-0.1, -0.05) is 36.6 Å². The maximum absolute atomic E-state index is 5.60. The lowest BCUT2D eigenvalue weighted by atomic mass is 10.4. The summed E-state index contributed by atoms with van der Waals surface area (Å²) in [6, 6.07) is 8.46. The van der Waals surface area contributed by atoms with Crippen LogP contribution in [-0.4, -0.2) is 31.5 Å². The Bertz CT molecular complexity index is 567. The highest BCUT2D eigenvalue weighted by molar-refractivity contribution is 8.89. The number of thiocarbonyl (C=S) groups is 2. The molecule has 2 heterocycles. The van der Waals surface area contributed by atoms with Crippen LogP contribution in [-0.2, 0) is 13.1 Å². The first-order valence-corrected chi connectivity index (χ1v) is 12.3. The van der Waals surface area contributed by atoms with Crippen molar-refractivity contribution < 1.29 is 0 Å². The Morgan fingerprint density at radius 1 is 0.875 bits per heavy atom. The fourth-order valence-electron chi connectivity index (χ4n) is 1.97. The topological polar surface area (TPSA) is 6.48 Å². The number of thiophene rings is 2. The van der Waals surface area contributed by atoms with Crippen molar-refractivity contribution in [3.05, 3.63) is 44.8 Å². The van der Waals surface area contributed by atoms with E-state index in [0.717, 1.165) is 34.8 Å². The predicted octanol–water partition coefficient (Wildman–Crippen LogP) is 6.10. The van der Waals surface area contributed by atoms with Gasteiger partial charge in [0.05, 0.1) is 13.1 Å². The first-order valence-electron chi connectivity index (χ1n) is 7.61. The van der Waals surface area contributed by atoms with E-state index in [-0.39, 0.29) is 0 Å². The molecule has 8 heteroatoms. The molecule has 0 aliphatic rings. The van der Waals surface area contributed by atoms with E-state index in [2.05, 4.69) is 58.7 Å². The molecule has 0 unspecified atom stereocenters. The lowest BCUT2D eigenvalue weighted by Crippen LogP contribution is -2.28. The van der Waals surface area contributed by atoms with Crippen molar-refractivity contribution in [2.24, 2.45) is 0 Å². The Hall–Kier alpha value is -0.120. The van der Waals surface area contributed by atoms with E-state index < -0.39 is 0 Å². The van der Waals surface area contributed by atoms with Gasteiger partial charge in [0.15, 0.2) is 0 Å². The van der Waals surface area contributed by atoms with Crippen LogP contribution in [0.1, 0.15) is 23.6 Å². The van der Waals surface area contributed by atoms with Crippen molar-refractivity contribution in [1.82, 2.24) is 9.80 Å². The van der Waals surface area contributed by atoms with Gasteiger partial charge >= 0.3 is 0 Å². The van der Waals surface area contributed by atoms with E-state index in [1.807, 2.05) is 0 Å². The number of hydrogen-bond acceptors (Lipinski definition) is 6. The quantitative estimate of drug-likeness (QED) is 0.399. The fraction of sp³-hybridized carbons (Fsp3) is 0.375. The molecule has 0 amide bonds. The second-order valence-corrected chi connectivity index (χ2v) is 10.3. The molecule has 130 valence electrons. The Kier molecular flexibility index (Phi) is 9.07. The molecule has 0 radical (unpaired) electrons. The van der Waals surface area contributed by atoms with Crippen molar-refractivity contribution in [1.29, 1.82) is 0 Å². The van der Waals surface area contributed by atoms with E-state index in [1.54, 1.807) is 44.3 Å². The van der Waals surface area contributed by atoms with Crippen LogP contribution in [0, 0.1) is 0 Å². The minimum absolute atomic E-state index is 0.875. The summed E-state index contributed by atoms with van der Waals surface area (Å²) in [6.45, 7) is 7.84. The molecule has 0 aromatic carbocycles. The average Bonchev–Trinajstić information content (AvgIpc) is 3.28. The van der Waals surface area contributed by atoms with Gasteiger partial charge in [0.25, 0.3) is 0 Å². The molecule has 0 bridgehead atoms. The van der Waals surface area contributed by atoms with Crippen molar-refractivity contribution >= 4 is 77.3 Å². The third-order valence-corrected chi connectivity index (χ3v) is 8.77. The smallest absolute Gasteiger partial charge is 0.147 e. The normalized spacial score (nSPS) is 10.6. The fourth-order valence-corrected chi connectivity index (χ4v) is 6.21. The number of hydrogen-bond donors (Lipinski definition) is 0. The highest BCUT2D eigenvalue weighted by Gasteiger charge is 2.15. The summed E-state index contributed by atoms with van der Waals surface area (Å²) in [6.07, 6.45) is 0. The number of nitrogens with zero attached hydrogens (tertiary/aromatic N) is 2. The van der Waals surface area contributed by atoms with Gasteiger partial charge in [-0.3, -0.25) is 0 Å². The molecule has 2 aromatic rings. The summed E-state index contributed by atoms with van der Waals surface area (Å²) in [7, 11) is 3.19. The zero-order valence-corrected chi connectivity index (χ0v) is 18.5. The number of rotatable bonds is 6. The molecular formula is C16H20N2S6. The molecule has 0 fully saturated rings. The van der Waals surface area contributed by atoms with Crippen LogP contribution in [0.3, 0.4) is 0 Å². The monoisotopic (exact) mass is 432 g/mol. The van der Waals surface area contributed by atoms with Gasteiger partial charge in [-0.2, -0.15) is 0 Å². The maximum Gasteiger partial charge on any atom is 0.147 e. The van der Waals surface area contributed by atoms with Crippen molar-refractivity contribution in [2.45, 2.75) is 26.9 Å².